The van der Waals surface area contributed by atoms with Crippen LogP contribution in [0.25, 0.3) is 0 Å². The average Bonchev–Trinajstić information content (AvgIpc) is 2.67. The van der Waals surface area contributed by atoms with E-state index in [1.54, 1.807) is 6.92 Å². The first-order valence-electron chi connectivity index (χ1n) is 8.92. The van der Waals surface area contributed by atoms with Crippen LogP contribution in [0.4, 0.5) is 10.1 Å². The second-order valence-electron chi connectivity index (χ2n) is 7.37. The highest BCUT2D eigenvalue weighted by Gasteiger charge is 2.51. The molecule has 1 saturated heterocycles. The lowest BCUT2D eigenvalue weighted by atomic mass is 9.78. The maximum atomic E-state index is 14.7. The number of anilines is 1. The smallest absolute Gasteiger partial charge is 0.283 e. The van der Waals surface area contributed by atoms with Crippen molar-refractivity contribution in [2.24, 2.45) is 10.7 Å². The van der Waals surface area contributed by atoms with Gasteiger partial charge in [0, 0.05) is 23.9 Å². The van der Waals surface area contributed by atoms with Crippen LogP contribution in [0.2, 0.25) is 0 Å². The third-order valence-corrected chi connectivity index (χ3v) is 5.00. The van der Waals surface area contributed by atoms with E-state index in [0.717, 1.165) is 0 Å². The monoisotopic (exact) mass is 395 g/mol. The number of ether oxygens (including phenoxy) is 2. The van der Waals surface area contributed by atoms with Crippen LogP contribution >= 0.6 is 0 Å². The number of nitrogens with zero attached hydrogens (tertiary/aromatic N) is 3. The molecule has 4 rings (SSSR count). The predicted octanol–water partition coefficient (Wildman–Crippen LogP) is 2.06. The van der Waals surface area contributed by atoms with E-state index >= 15 is 0 Å². The first-order chi connectivity index (χ1) is 13.8. The summed E-state index contributed by atoms with van der Waals surface area (Å²) >= 11 is 0. The van der Waals surface area contributed by atoms with Gasteiger partial charge in [-0.1, -0.05) is 0 Å². The van der Waals surface area contributed by atoms with E-state index in [9.17, 15) is 9.18 Å². The molecular weight excluding hydrogens is 377 g/mol. The van der Waals surface area contributed by atoms with Crippen LogP contribution < -0.4 is 11.1 Å². The third kappa shape index (κ3) is 3.50. The fourth-order valence-corrected chi connectivity index (χ4v) is 3.64. The maximum absolute atomic E-state index is 14.7. The Morgan fingerprint density at radius 1 is 1.34 bits per heavy atom. The van der Waals surface area contributed by atoms with Crippen molar-refractivity contribution < 1.29 is 18.7 Å². The van der Waals surface area contributed by atoms with Crippen molar-refractivity contribution in [2.75, 3.05) is 18.5 Å². The number of carbonyl (C=O) groups excluding carboxylic acids is 1. The zero-order valence-electron chi connectivity index (χ0n) is 15.6. The highest BCUT2D eigenvalue weighted by atomic mass is 19.1. The highest BCUT2D eigenvalue weighted by Crippen LogP contribution is 2.43. The number of carbonyl (C=O) groups is 1. The van der Waals surface area contributed by atoms with Gasteiger partial charge in [0.2, 0.25) is 0 Å². The number of hydrogen-bond acceptors (Lipinski definition) is 7. The number of pyridine rings is 1. The van der Waals surface area contributed by atoms with E-state index in [1.807, 2.05) is 6.07 Å². The van der Waals surface area contributed by atoms with Gasteiger partial charge in [0.15, 0.2) is 5.60 Å². The van der Waals surface area contributed by atoms with Gasteiger partial charge in [0.05, 0.1) is 24.3 Å². The number of nitrogens with one attached hydrogen (secondary N) is 1. The topological polar surface area (TPSA) is 123 Å². The van der Waals surface area contributed by atoms with Crippen LogP contribution in [-0.2, 0) is 15.0 Å². The van der Waals surface area contributed by atoms with Gasteiger partial charge in [-0.25, -0.2) is 14.4 Å². The summed E-state index contributed by atoms with van der Waals surface area (Å²) in [4.78, 5) is 20.7. The lowest BCUT2D eigenvalue weighted by Crippen LogP contribution is -2.59. The van der Waals surface area contributed by atoms with Crippen LogP contribution in [0.15, 0.2) is 41.5 Å². The van der Waals surface area contributed by atoms with Crippen molar-refractivity contribution in [1.29, 1.82) is 5.26 Å². The van der Waals surface area contributed by atoms with Crippen molar-refractivity contribution >= 4 is 17.6 Å². The van der Waals surface area contributed by atoms with Gasteiger partial charge in [-0.05, 0) is 37.3 Å². The lowest BCUT2D eigenvalue weighted by Gasteiger charge is -2.48. The Morgan fingerprint density at radius 2 is 2.14 bits per heavy atom. The van der Waals surface area contributed by atoms with Crippen LogP contribution in [0.5, 0.6) is 0 Å². The van der Waals surface area contributed by atoms with Crippen LogP contribution in [0.1, 0.15) is 35.0 Å². The van der Waals surface area contributed by atoms with E-state index in [4.69, 9.17) is 20.5 Å². The zero-order valence-corrected chi connectivity index (χ0v) is 15.6. The molecule has 0 saturated carbocycles. The van der Waals surface area contributed by atoms with Gasteiger partial charge in [0.25, 0.3) is 11.9 Å². The van der Waals surface area contributed by atoms with Crippen molar-refractivity contribution in [3.8, 4) is 6.07 Å². The molecule has 2 aliphatic rings. The van der Waals surface area contributed by atoms with E-state index in [-0.39, 0.29) is 11.7 Å². The fraction of sp³-hybridized carbons (Fsp3) is 0.300. The maximum Gasteiger partial charge on any atom is 0.283 e. The number of halogens is 1. The molecular formula is C20H18FN5O3. The third-order valence-electron chi connectivity index (χ3n) is 5.00. The predicted molar refractivity (Wildman–Crippen MR) is 102 cm³/mol. The molecule has 1 amide bonds. The summed E-state index contributed by atoms with van der Waals surface area (Å²) in [6.07, 6.45) is 1.71. The van der Waals surface area contributed by atoms with Crippen LogP contribution in [-0.4, -0.2) is 35.7 Å². The van der Waals surface area contributed by atoms with Crippen LogP contribution in [0, 0.1) is 17.1 Å². The molecule has 3 N–H and O–H groups in total. The quantitative estimate of drug-likeness (QED) is 0.820. The Hall–Kier alpha value is -3.51. The second kappa shape index (κ2) is 6.83. The van der Waals surface area contributed by atoms with Crippen molar-refractivity contribution in [3.05, 3.63) is 59.2 Å². The number of amidine groups is 1. The Labute approximate surface area is 166 Å². The molecule has 8 nitrogen and oxygen atoms in total. The normalized spacial score (nSPS) is 22.0. The van der Waals surface area contributed by atoms with Gasteiger partial charge in [-0.3, -0.25) is 4.79 Å². The molecule has 1 spiro atoms. The minimum Gasteiger partial charge on any atom is -0.454 e. The summed E-state index contributed by atoms with van der Waals surface area (Å²) < 4.78 is 25.6. The minimum atomic E-state index is -0.969. The molecule has 1 aromatic carbocycles. The van der Waals surface area contributed by atoms with E-state index < -0.39 is 22.9 Å². The van der Waals surface area contributed by atoms with Gasteiger partial charge in [0.1, 0.15) is 17.6 Å². The Bertz CT molecular complexity index is 1040. The summed E-state index contributed by atoms with van der Waals surface area (Å²) in [7, 11) is 0. The number of nitriles is 1. The highest BCUT2D eigenvalue weighted by molar-refractivity contribution is 6.02. The lowest BCUT2D eigenvalue weighted by molar-refractivity contribution is -0.187. The molecule has 9 heteroatoms. The summed E-state index contributed by atoms with van der Waals surface area (Å²) in [6, 6.07) is 9.13. The fourth-order valence-electron chi connectivity index (χ4n) is 3.64. The summed E-state index contributed by atoms with van der Waals surface area (Å²) in [5.41, 5.74) is 5.44. The number of nitrogens with two attached hydrogens (primary N) is 1. The molecule has 148 valence electrons. The number of benzene rings is 1. The molecule has 1 aromatic heterocycles. The molecule has 1 unspecified atom stereocenters. The molecule has 0 bridgehead atoms. The van der Waals surface area contributed by atoms with Gasteiger partial charge < -0.3 is 20.5 Å². The van der Waals surface area contributed by atoms with Crippen molar-refractivity contribution in [2.45, 2.75) is 24.5 Å². The van der Waals surface area contributed by atoms with Gasteiger partial charge in [-0.15, -0.1) is 0 Å². The second-order valence-corrected chi connectivity index (χ2v) is 7.37. The zero-order chi connectivity index (χ0) is 20.6. The molecule has 1 atom stereocenters. The number of hydrogen-bond donors (Lipinski definition) is 2. The van der Waals surface area contributed by atoms with Crippen LogP contribution in [0.3, 0.4) is 0 Å². The summed E-state index contributed by atoms with van der Waals surface area (Å²) in [5.74, 6) is -0.938. The standard InChI is InChI=1S/C20H18FN5O3/c1-19(9-20(10-28-11-20)29-18(23)26-19)14-6-13(3-4-15(14)21)25-17(27)16-5-2-12(7-22)8-24-16/h2-6,8H,9-11H2,1H3,(H2,23,26)(H,25,27). The largest absolute Gasteiger partial charge is 0.454 e. The summed E-state index contributed by atoms with van der Waals surface area (Å²) in [6.45, 7) is 2.50. The molecule has 3 heterocycles. The first-order valence-corrected chi connectivity index (χ1v) is 8.92. The molecule has 1 fully saturated rings. The van der Waals surface area contributed by atoms with Gasteiger partial charge in [-0.2, -0.15) is 5.26 Å². The Balaban J connectivity index is 1.61. The number of rotatable bonds is 3. The molecule has 2 aromatic rings. The average molecular weight is 395 g/mol. The summed E-state index contributed by atoms with van der Waals surface area (Å²) in [5, 5.41) is 11.5. The number of amides is 1. The first kappa shape index (κ1) is 18.8. The molecule has 2 aliphatic heterocycles. The van der Waals surface area contributed by atoms with E-state index in [2.05, 4.69) is 15.3 Å². The number of aliphatic imine (C=N–C) groups is 1. The minimum absolute atomic E-state index is 0.0160. The Morgan fingerprint density at radius 3 is 2.76 bits per heavy atom. The van der Waals surface area contributed by atoms with Crippen molar-refractivity contribution in [1.82, 2.24) is 4.98 Å². The SMILES string of the molecule is CC1(c2cc(NC(=O)c3ccc(C#N)cn3)ccc2F)CC2(COC2)OC(N)=N1. The van der Waals surface area contributed by atoms with E-state index in [1.165, 1.54) is 36.5 Å². The van der Waals surface area contributed by atoms with Gasteiger partial charge >= 0.3 is 0 Å². The van der Waals surface area contributed by atoms with Crippen molar-refractivity contribution in [3.63, 3.8) is 0 Å². The molecule has 0 radical (unpaired) electrons. The molecule has 0 aliphatic carbocycles. The Kier molecular flexibility index (Phi) is 4.43. The van der Waals surface area contributed by atoms with E-state index in [0.29, 0.717) is 36.4 Å². The molecule has 29 heavy (non-hydrogen) atoms. The number of aromatic nitrogens is 1.